The van der Waals surface area contributed by atoms with Crippen LogP contribution in [-0.4, -0.2) is 18.4 Å². The number of hydrogen-bond acceptors (Lipinski definition) is 3. The van der Waals surface area contributed by atoms with Crippen LogP contribution in [0.5, 0.6) is 0 Å². The second kappa shape index (κ2) is 10.1. The molecule has 2 aromatic rings. The van der Waals surface area contributed by atoms with E-state index in [4.69, 9.17) is 9.41 Å². The van der Waals surface area contributed by atoms with Crippen molar-refractivity contribution in [2.75, 3.05) is 0 Å². The topological polar surface area (TPSA) is 42.4 Å². The molecule has 202 valence electrons. The molecule has 3 nitrogen and oxygen atoms in total. The quantitative estimate of drug-likeness (QED) is 0.387. The van der Waals surface area contributed by atoms with Gasteiger partial charge in [0.2, 0.25) is 0 Å². The Morgan fingerprint density at radius 1 is 1.11 bits per heavy atom. The summed E-state index contributed by atoms with van der Waals surface area (Å²) in [5.74, 6) is 0.214. The van der Waals surface area contributed by atoms with Gasteiger partial charge in [0.25, 0.3) is 0 Å². The van der Waals surface area contributed by atoms with E-state index in [1.54, 1.807) is 0 Å². The molecule has 0 fully saturated rings. The molecule has 2 aliphatic carbocycles. The van der Waals surface area contributed by atoms with Crippen LogP contribution < -0.4 is 0 Å². The zero-order valence-corrected chi connectivity index (χ0v) is 26.0. The van der Waals surface area contributed by atoms with E-state index in [1.807, 2.05) is 0 Å². The van der Waals surface area contributed by atoms with Crippen molar-refractivity contribution in [3.05, 3.63) is 69.5 Å². The van der Waals surface area contributed by atoms with E-state index in [0.717, 1.165) is 42.5 Å². The Labute approximate surface area is 226 Å². The van der Waals surface area contributed by atoms with Crippen molar-refractivity contribution in [3.63, 3.8) is 0 Å². The first-order valence-corrected chi connectivity index (χ1v) is 17.2. The van der Waals surface area contributed by atoms with Crippen LogP contribution in [0.4, 0.5) is 0 Å². The molecule has 2 atom stereocenters. The van der Waals surface area contributed by atoms with Crippen molar-refractivity contribution < 1.29 is 9.53 Å². The van der Waals surface area contributed by atoms with Gasteiger partial charge in [0.05, 0.1) is 6.10 Å². The van der Waals surface area contributed by atoms with Gasteiger partial charge in [-0.15, -0.1) is 0 Å². The Hall–Kier alpha value is -1.75. The Kier molecular flexibility index (Phi) is 7.71. The van der Waals surface area contributed by atoms with Gasteiger partial charge in [-0.25, -0.2) is 0 Å². The molecule has 37 heavy (non-hydrogen) atoms. The summed E-state index contributed by atoms with van der Waals surface area (Å²) in [4.78, 5) is 5.40. The van der Waals surface area contributed by atoms with E-state index in [-0.39, 0.29) is 22.5 Å². The number of pyridine rings is 1. The fourth-order valence-electron chi connectivity index (χ4n) is 5.80. The minimum Gasteiger partial charge on any atom is -0.410 e. The monoisotopic (exact) mass is 519 g/mol. The lowest BCUT2D eigenvalue weighted by Gasteiger charge is -2.45. The summed E-state index contributed by atoms with van der Waals surface area (Å²) in [6, 6.07) is 8.34. The first kappa shape index (κ1) is 28.3. The molecule has 1 heterocycles. The molecule has 0 saturated carbocycles. The summed E-state index contributed by atoms with van der Waals surface area (Å²) in [5.41, 5.74) is 9.38. The van der Waals surface area contributed by atoms with Crippen LogP contribution in [0.3, 0.4) is 0 Å². The molecule has 4 heteroatoms. The van der Waals surface area contributed by atoms with Gasteiger partial charge in [-0.05, 0) is 85.2 Å². The molecular formula is C33H49NO2Si. The standard InChI is InChI=1S/C33H49NO2Si/c1-21(2)30-29(31(35)24-17-15-22(3)16-18-24)27(23-13-11-12-14-23)28-25(34-30)19-33(7,8)20-26(28)36-37(9,10)32(4,5)6/h13,15-18,21,26,31,35H,11-12,14,19-20H2,1-10H3/t26-,31?/m0/s1. The first-order chi connectivity index (χ1) is 17.1. The lowest BCUT2D eigenvalue weighted by molar-refractivity contribution is 0.105. The van der Waals surface area contributed by atoms with Crippen LogP contribution >= 0.6 is 0 Å². The molecule has 0 saturated heterocycles. The predicted octanol–water partition coefficient (Wildman–Crippen LogP) is 9.20. The van der Waals surface area contributed by atoms with Crippen LogP contribution in [0, 0.1) is 12.3 Å². The third-order valence-corrected chi connectivity index (χ3v) is 13.4. The minimum atomic E-state index is -2.05. The third kappa shape index (κ3) is 5.67. The maximum Gasteiger partial charge on any atom is 0.192 e. The second-order valence-corrected chi connectivity index (χ2v) is 18.9. The van der Waals surface area contributed by atoms with E-state index in [2.05, 4.69) is 98.8 Å². The summed E-state index contributed by atoms with van der Waals surface area (Å²) in [7, 11) is -2.05. The molecule has 2 aliphatic rings. The number of hydrogen-bond donors (Lipinski definition) is 1. The van der Waals surface area contributed by atoms with Gasteiger partial charge in [0.1, 0.15) is 6.10 Å². The fourth-order valence-corrected chi connectivity index (χ4v) is 7.07. The number of rotatable bonds is 6. The Balaban J connectivity index is 2.02. The van der Waals surface area contributed by atoms with E-state index in [9.17, 15) is 5.11 Å². The highest BCUT2D eigenvalue weighted by atomic mass is 28.4. The molecule has 1 unspecified atom stereocenters. The number of aromatic nitrogens is 1. The van der Waals surface area contributed by atoms with Crippen LogP contribution in [0.1, 0.15) is 131 Å². The normalized spacial score (nSPS) is 20.6. The zero-order valence-electron chi connectivity index (χ0n) is 25.0. The summed E-state index contributed by atoms with van der Waals surface area (Å²) in [6.45, 7) is 22.9. The summed E-state index contributed by atoms with van der Waals surface area (Å²) in [6.07, 6.45) is 6.94. The van der Waals surface area contributed by atoms with E-state index >= 15 is 0 Å². The number of benzene rings is 1. The molecule has 0 radical (unpaired) electrons. The van der Waals surface area contributed by atoms with Gasteiger partial charge in [-0.3, -0.25) is 4.98 Å². The molecule has 0 amide bonds. The van der Waals surface area contributed by atoms with Crippen molar-refractivity contribution in [2.24, 2.45) is 5.41 Å². The van der Waals surface area contributed by atoms with Crippen LogP contribution in [-0.2, 0) is 10.8 Å². The number of aliphatic hydroxyl groups is 1. The molecule has 1 aromatic carbocycles. The van der Waals surface area contributed by atoms with Gasteiger partial charge in [0, 0.05) is 22.5 Å². The minimum absolute atomic E-state index is 0.00572. The molecule has 0 bridgehead atoms. The van der Waals surface area contributed by atoms with Crippen molar-refractivity contribution in [1.82, 2.24) is 4.98 Å². The average Bonchev–Trinajstić information content (AvgIpc) is 3.30. The maximum atomic E-state index is 12.0. The SMILES string of the molecule is Cc1ccc(C(O)c2c(C(C)C)nc3c(c2C2=CCCC2)[C@@H](O[Si](C)(C)C(C)(C)C)CC(C)(C)C3)cc1. The Bertz CT molecular complexity index is 1170. The summed E-state index contributed by atoms with van der Waals surface area (Å²) in [5, 5.41) is 12.1. The molecule has 0 spiro atoms. The van der Waals surface area contributed by atoms with Gasteiger partial charge >= 0.3 is 0 Å². The maximum absolute atomic E-state index is 12.0. The fraction of sp³-hybridized carbons (Fsp3) is 0.606. The smallest absolute Gasteiger partial charge is 0.192 e. The first-order valence-electron chi connectivity index (χ1n) is 14.3. The highest BCUT2D eigenvalue weighted by Gasteiger charge is 2.45. The zero-order chi connectivity index (χ0) is 27.3. The number of nitrogens with zero attached hydrogens (tertiary/aromatic N) is 1. The number of fused-ring (bicyclic) bond motifs is 1. The number of aryl methyl sites for hydroxylation is 1. The lowest BCUT2D eigenvalue weighted by Crippen LogP contribution is -2.44. The van der Waals surface area contributed by atoms with Crippen LogP contribution in [0.2, 0.25) is 18.1 Å². The summed E-state index contributed by atoms with van der Waals surface area (Å²) < 4.78 is 7.25. The average molecular weight is 520 g/mol. The van der Waals surface area contributed by atoms with Gasteiger partial charge < -0.3 is 9.53 Å². The largest absolute Gasteiger partial charge is 0.410 e. The van der Waals surface area contributed by atoms with Crippen LogP contribution in [0.15, 0.2) is 30.3 Å². The molecule has 4 rings (SSSR count). The Morgan fingerprint density at radius 3 is 2.30 bits per heavy atom. The lowest BCUT2D eigenvalue weighted by atomic mass is 9.71. The van der Waals surface area contributed by atoms with Crippen LogP contribution in [0.25, 0.3) is 5.57 Å². The predicted molar refractivity (Wildman–Crippen MR) is 159 cm³/mol. The third-order valence-electron chi connectivity index (χ3n) is 8.91. The molecule has 0 aliphatic heterocycles. The summed E-state index contributed by atoms with van der Waals surface area (Å²) >= 11 is 0. The van der Waals surface area contributed by atoms with Crippen molar-refractivity contribution in [2.45, 2.75) is 124 Å². The Morgan fingerprint density at radius 2 is 1.76 bits per heavy atom. The van der Waals surface area contributed by atoms with Crippen molar-refractivity contribution in [3.8, 4) is 0 Å². The van der Waals surface area contributed by atoms with E-state index < -0.39 is 14.4 Å². The van der Waals surface area contributed by atoms with Gasteiger partial charge in [-0.1, -0.05) is 84.4 Å². The number of allylic oxidation sites excluding steroid dienone is 2. The van der Waals surface area contributed by atoms with E-state index in [1.165, 1.54) is 34.4 Å². The molecule has 1 aromatic heterocycles. The highest BCUT2D eigenvalue weighted by Crippen LogP contribution is 2.52. The van der Waals surface area contributed by atoms with Gasteiger partial charge in [-0.2, -0.15) is 0 Å². The second-order valence-electron chi connectivity index (χ2n) is 14.1. The van der Waals surface area contributed by atoms with Crippen molar-refractivity contribution >= 4 is 13.9 Å². The molecular weight excluding hydrogens is 470 g/mol. The van der Waals surface area contributed by atoms with Crippen molar-refractivity contribution in [1.29, 1.82) is 0 Å². The van der Waals surface area contributed by atoms with Gasteiger partial charge in [0.15, 0.2) is 8.32 Å². The highest BCUT2D eigenvalue weighted by molar-refractivity contribution is 6.74. The van der Waals surface area contributed by atoms with E-state index in [0.29, 0.717) is 0 Å². The molecule has 1 N–H and O–H groups in total. The number of aliphatic hydroxyl groups excluding tert-OH is 1.